The first kappa shape index (κ1) is 21.3. The summed E-state index contributed by atoms with van der Waals surface area (Å²) in [4.78, 5) is 46.2. The molecule has 0 aliphatic carbocycles. The highest BCUT2D eigenvalue weighted by Crippen LogP contribution is 2.31. The second-order valence-corrected chi connectivity index (χ2v) is 8.45. The summed E-state index contributed by atoms with van der Waals surface area (Å²) in [6.45, 7) is 3.46. The fourth-order valence-corrected chi connectivity index (χ4v) is 4.59. The Morgan fingerprint density at radius 3 is 2.52 bits per heavy atom. The number of hydroxylamine groups is 2. The molecule has 3 heterocycles. The van der Waals surface area contributed by atoms with Gasteiger partial charge in [-0.2, -0.15) is 5.06 Å². The monoisotopic (exact) mass is 427 g/mol. The number of fused-ring (bicyclic) bond motifs is 2. The van der Waals surface area contributed by atoms with Gasteiger partial charge < -0.3 is 15.1 Å². The first-order chi connectivity index (χ1) is 14.9. The number of hydrogen-bond acceptors (Lipinski definition) is 5. The molecule has 31 heavy (non-hydrogen) atoms. The minimum Gasteiger partial charge on any atom is -0.343 e. The van der Waals surface area contributed by atoms with Crippen molar-refractivity contribution < 1.29 is 19.2 Å². The van der Waals surface area contributed by atoms with Gasteiger partial charge in [-0.1, -0.05) is 30.3 Å². The van der Waals surface area contributed by atoms with Crippen molar-refractivity contribution in [3.05, 3.63) is 35.9 Å². The van der Waals surface area contributed by atoms with Crippen LogP contribution in [0.4, 0.5) is 4.79 Å². The molecular weight excluding hydrogens is 398 g/mol. The van der Waals surface area contributed by atoms with E-state index in [1.165, 1.54) is 12.0 Å². The molecule has 0 saturated carbocycles. The summed E-state index contributed by atoms with van der Waals surface area (Å²) in [5.74, 6) is -0.322. The molecule has 3 saturated heterocycles. The summed E-state index contributed by atoms with van der Waals surface area (Å²) in [5, 5.41) is 12.6. The Morgan fingerprint density at radius 2 is 1.84 bits per heavy atom. The number of piperidine rings is 2. The van der Waals surface area contributed by atoms with Crippen LogP contribution in [0.1, 0.15) is 38.2 Å². The first-order valence-corrected chi connectivity index (χ1v) is 10.9. The molecule has 0 unspecified atom stereocenters. The molecule has 9 nitrogen and oxygen atoms in total. The highest BCUT2D eigenvalue weighted by molar-refractivity contribution is 6.01. The molecule has 0 aromatic heterocycles. The van der Waals surface area contributed by atoms with E-state index >= 15 is 0 Å². The van der Waals surface area contributed by atoms with E-state index in [-0.39, 0.29) is 35.6 Å². The van der Waals surface area contributed by atoms with Crippen LogP contribution in [-0.4, -0.2) is 70.3 Å². The van der Waals surface area contributed by atoms with Crippen LogP contribution in [0.5, 0.6) is 0 Å². The van der Waals surface area contributed by atoms with E-state index in [2.05, 4.69) is 5.32 Å². The Hall–Kier alpha value is -2.94. The lowest BCUT2D eigenvalue weighted by molar-refractivity contribution is -0.140. The van der Waals surface area contributed by atoms with Crippen molar-refractivity contribution in [1.29, 1.82) is 5.41 Å². The van der Waals surface area contributed by atoms with Gasteiger partial charge in [0.2, 0.25) is 11.8 Å². The number of nitrogens with one attached hydrogen (secondary N) is 2. The van der Waals surface area contributed by atoms with Crippen molar-refractivity contribution in [3.63, 3.8) is 0 Å². The second-order valence-electron chi connectivity index (χ2n) is 8.45. The minimum absolute atomic E-state index is 0.0231. The maximum absolute atomic E-state index is 12.9. The zero-order valence-corrected chi connectivity index (χ0v) is 17.8. The molecule has 1 aromatic carbocycles. The fourth-order valence-electron chi connectivity index (χ4n) is 4.59. The maximum Gasteiger partial charge on any atom is 0.344 e. The second kappa shape index (κ2) is 9.05. The van der Waals surface area contributed by atoms with Gasteiger partial charge in [0.1, 0.15) is 12.4 Å². The SMILES string of the molecule is CC(=O)N1CCC(C(=O)NC(=N)[C@@H]2CC[C@@H]3CN2C(=O)N3OCc2ccccc2)CC1. The molecule has 1 aromatic rings. The molecule has 2 N–H and O–H groups in total. The van der Waals surface area contributed by atoms with Gasteiger partial charge in [0.25, 0.3) is 0 Å². The summed E-state index contributed by atoms with van der Waals surface area (Å²) < 4.78 is 0. The van der Waals surface area contributed by atoms with E-state index in [4.69, 9.17) is 10.2 Å². The molecule has 3 fully saturated rings. The molecule has 3 aliphatic rings. The van der Waals surface area contributed by atoms with Crippen LogP contribution < -0.4 is 5.32 Å². The third kappa shape index (κ3) is 4.56. The molecule has 9 heteroatoms. The Kier molecular flexibility index (Phi) is 6.22. The van der Waals surface area contributed by atoms with Gasteiger partial charge >= 0.3 is 6.03 Å². The fraction of sp³-hybridized carbons (Fsp3) is 0.545. The summed E-state index contributed by atoms with van der Waals surface area (Å²) in [6.07, 6.45) is 2.52. The van der Waals surface area contributed by atoms with Crippen LogP contribution in [-0.2, 0) is 21.0 Å². The van der Waals surface area contributed by atoms with Gasteiger partial charge in [0.05, 0.1) is 12.1 Å². The smallest absolute Gasteiger partial charge is 0.343 e. The number of rotatable bonds is 5. The van der Waals surface area contributed by atoms with Gasteiger partial charge in [0.15, 0.2) is 0 Å². The van der Waals surface area contributed by atoms with Crippen molar-refractivity contribution in [2.45, 2.75) is 51.3 Å². The van der Waals surface area contributed by atoms with Crippen LogP contribution in [0.15, 0.2) is 30.3 Å². The lowest BCUT2D eigenvalue weighted by Crippen LogP contribution is -2.52. The highest BCUT2D eigenvalue weighted by Gasteiger charge is 2.47. The largest absolute Gasteiger partial charge is 0.344 e. The summed E-state index contributed by atoms with van der Waals surface area (Å²) in [7, 11) is 0. The van der Waals surface area contributed by atoms with E-state index in [1.807, 2.05) is 30.3 Å². The predicted molar refractivity (Wildman–Crippen MR) is 113 cm³/mol. The molecule has 4 amide bonds. The van der Waals surface area contributed by atoms with Crippen molar-refractivity contribution in [3.8, 4) is 0 Å². The van der Waals surface area contributed by atoms with Crippen LogP contribution in [0.25, 0.3) is 0 Å². The van der Waals surface area contributed by atoms with Crippen LogP contribution in [0, 0.1) is 11.3 Å². The van der Waals surface area contributed by atoms with Crippen molar-refractivity contribution in [1.82, 2.24) is 20.2 Å². The molecule has 4 rings (SSSR count). The van der Waals surface area contributed by atoms with Gasteiger partial charge in [0, 0.05) is 32.5 Å². The molecule has 0 radical (unpaired) electrons. The molecule has 2 bridgehead atoms. The van der Waals surface area contributed by atoms with E-state index in [0.717, 1.165) is 12.0 Å². The number of carbonyl (C=O) groups is 3. The predicted octanol–water partition coefficient (Wildman–Crippen LogP) is 1.74. The molecule has 3 aliphatic heterocycles. The average molecular weight is 428 g/mol. The van der Waals surface area contributed by atoms with Crippen molar-refractivity contribution >= 4 is 23.7 Å². The third-order valence-corrected chi connectivity index (χ3v) is 6.44. The van der Waals surface area contributed by atoms with Gasteiger partial charge in [-0.05, 0) is 31.2 Å². The zero-order chi connectivity index (χ0) is 22.0. The van der Waals surface area contributed by atoms with E-state index < -0.39 is 6.04 Å². The highest BCUT2D eigenvalue weighted by atomic mass is 16.7. The average Bonchev–Trinajstić information content (AvgIpc) is 3.02. The number of likely N-dealkylation sites (tertiary alicyclic amines) is 1. The number of amides is 4. The molecule has 0 spiro atoms. The number of carbonyl (C=O) groups excluding carboxylic acids is 3. The first-order valence-electron chi connectivity index (χ1n) is 10.9. The number of benzene rings is 1. The van der Waals surface area contributed by atoms with Crippen molar-refractivity contribution in [2.75, 3.05) is 19.6 Å². The third-order valence-electron chi connectivity index (χ3n) is 6.44. The zero-order valence-electron chi connectivity index (χ0n) is 17.8. The number of nitrogens with zero attached hydrogens (tertiary/aromatic N) is 3. The summed E-state index contributed by atoms with van der Waals surface area (Å²) >= 11 is 0. The quantitative estimate of drug-likeness (QED) is 0.551. The number of amidine groups is 1. The van der Waals surface area contributed by atoms with Gasteiger partial charge in [-0.3, -0.25) is 19.8 Å². The summed E-state index contributed by atoms with van der Waals surface area (Å²) in [6, 6.07) is 8.94. The van der Waals surface area contributed by atoms with Gasteiger partial charge in [-0.15, -0.1) is 0 Å². The summed E-state index contributed by atoms with van der Waals surface area (Å²) in [5.41, 5.74) is 0.985. The normalized spacial score (nSPS) is 23.8. The molecular formula is C22H29N5O4. The standard InChI is InChI=1S/C22H29N5O4/c1-15(28)25-11-9-17(10-12-25)21(29)24-20(23)19-8-7-18-13-26(19)22(30)27(18)31-14-16-5-3-2-4-6-16/h2-6,17-19H,7-14H2,1H3,(H2,23,24,29)/t18-,19+/m1/s1. The number of hydrogen-bond donors (Lipinski definition) is 2. The van der Waals surface area contributed by atoms with Crippen LogP contribution in [0.2, 0.25) is 0 Å². The van der Waals surface area contributed by atoms with Gasteiger partial charge in [-0.25, -0.2) is 4.79 Å². The topological polar surface area (TPSA) is 106 Å². The Balaban J connectivity index is 1.30. The van der Waals surface area contributed by atoms with E-state index in [1.54, 1.807) is 9.80 Å². The Labute approximate surface area is 181 Å². The Morgan fingerprint density at radius 1 is 1.13 bits per heavy atom. The maximum atomic E-state index is 12.9. The molecule has 2 atom stereocenters. The number of urea groups is 1. The van der Waals surface area contributed by atoms with Crippen LogP contribution in [0.3, 0.4) is 0 Å². The Bertz CT molecular complexity index is 853. The lowest BCUT2D eigenvalue weighted by atomic mass is 9.95. The van der Waals surface area contributed by atoms with Crippen LogP contribution >= 0.6 is 0 Å². The van der Waals surface area contributed by atoms with E-state index in [9.17, 15) is 14.4 Å². The van der Waals surface area contributed by atoms with E-state index in [0.29, 0.717) is 45.5 Å². The van der Waals surface area contributed by atoms with Crippen molar-refractivity contribution in [2.24, 2.45) is 5.92 Å². The minimum atomic E-state index is -0.449. The lowest BCUT2D eigenvalue weighted by Gasteiger charge is -2.33. The molecule has 166 valence electrons.